The molecule has 35 heavy (non-hydrogen) atoms. The number of methoxy groups -OCH3 is 1. The highest BCUT2D eigenvalue weighted by Gasteiger charge is 2.24. The minimum atomic E-state index is -0.310. The molecule has 1 unspecified atom stereocenters. The molecule has 3 aromatic heterocycles. The summed E-state index contributed by atoms with van der Waals surface area (Å²) < 4.78 is 7.52. The Labute approximate surface area is 212 Å². The fourth-order valence-corrected chi connectivity index (χ4v) is 4.90. The van der Waals surface area contributed by atoms with Crippen LogP contribution in [0.15, 0.2) is 65.5 Å². The number of anilines is 1. The van der Waals surface area contributed by atoms with Crippen LogP contribution in [-0.2, 0) is 17.8 Å². The van der Waals surface area contributed by atoms with Gasteiger partial charge in [-0.3, -0.25) is 9.88 Å². The quantitative estimate of drug-likeness (QED) is 0.345. The van der Waals surface area contributed by atoms with Gasteiger partial charge in [0.05, 0.1) is 29.0 Å². The summed E-state index contributed by atoms with van der Waals surface area (Å²) in [6, 6.07) is 13.8. The van der Waals surface area contributed by atoms with Crippen LogP contribution >= 0.6 is 15.9 Å². The smallest absolute Gasteiger partial charge is 0.337 e. The summed E-state index contributed by atoms with van der Waals surface area (Å²) in [5, 5.41) is 8.01. The second-order valence-corrected chi connectivity index (χ2v) is 9.63. The van der Waals surface area contributed by atoms with Gasteiger partial charge in [0, 0.05) is 44.0 Å². The second kappa shape index (κ2) is 10.5. The monoisotopic (exact) mass is 534 g/mol. The van der Waals surface area contributed by atoms with E-state index >= 15 is 0 Å². The van der Waals surface area contributed by atoms with Crippen molar-refractivity contribution < 1.29 is 9.53 Å². The van der Waals surface area contributed by atoms with Crippen LogP contribution in [0.1, 0.15) is 45.9 Å². The third-order valence-corrected chi connectivity index (χ3v) is 6.91. The molecule has 8 nitrogen and oxygen atoms in total. The number of aromatic nitrogens is 4. The Morgan fingerprint density at radius 2 is 2.06 bits per heavy atom. The molecule has 180 valence electrons. The highest BCUT2D eigenvalue weighted by Crippen LogP contribution is 2.30. The number of halogens is 1. The van der Waals surface area contributed by atoms with Crippen molar-refractivity contribution in [3.05, 3.63) is 87.9 Å². The van der Waals surface area contributed by atoms with E-state index in [1.54, 1.807) is 12.4 Å². The number of esters is 1. The van der Waals surface area contributed by atoms with E-state index in [-0.39, 0.29) is 5.97 Å². The van der Waals surface area contributed by atoms with Crippen LogP contribution < -0.4 is 5.32 Å². The maximum absolute atomic E-state index is 11.7. The van der Waals surface area contributed by atoms with Crippen molar-refractivity contribution in [1.82, 2.24) is 24.5 Å². The Balaban J connectivity index is 1.33. The number of pyridine rings is 1. The van der Waals surface area contributed by atoms with Crippen LogP contribution in [0, 0.1) is 0 Å². The van der Waals surface area contributed by atoms with Crippen molar-refractivity contribution in [3.63, 3.8) is 0 Å². The van der Waals surface area contributed by atoms with Crippen molar-refractivity contribution in [3.8, 4) is 0 Å². The lowest BCUT2D eigenvalue weighted by Gasteiger charge is -2.32. The van der Waals surface area contributed by atoms with Crippen molar-refractivity contribution in [2.24, 2.45) is 0 Å². The molecule has 1 atom stereocenters. The van der Waals surface area contributed by atoms with E-state index in [1.165, 1.54) is 12.7 Å². The third-order valence-electron chi connectivity index (χ3n) is 6.35. The molecule has 9 heteroatoms. The molecule has 1 fully saturated rings. The average molecular weight is 535 g/mol. The van der Waals surface area contributed by atoms with E-state index in [1.807, 2.05) is 41.0 Å². The van der Waals surface area contributed by atoms with Crippen LogP contribution in [0.2, 0.25) is 0 Å². The number of nitrogens with zero attached hydrogens (tertiary/aromatic N) is 5. The largest absolute Gasteiger partial charge is 0.465 e. The number of fused-ring (bicyclic) bond motifs is 1. The van der Waals surface area contributed by atoms with Gasteiger partial charge in [-0.25, -0.2) is 9.78 Å². The first kappa shape index (κ1) is 23.4. The van der Waals surface area contributed by atoms with Crippen LogP contribution in [0.3, 0.4) is 0 Å². The summed E-state index contributed by atoms with van der Waals surface area (Å²) in [5.41, 5.74) is 4.74. The molecule has 0 spiro atoms. The number of ether oxygens (including phenoxy) is 1. The normalized spacial score (nSPS) is 16.3. The number of hydrogen-bond donors (Lipinski definition) is 1. The van der Waals surface area contributed by atoms with Gasteiger partial charge in [0.1, 0.15) is 5.82 Å². The van der Waals surface area contributed by atoms with Gasteiger partial charge in [-0.15, -0.1) is 0 Å². The summed E-state index contributed by atoms with van der Waals surface area (Å²) in [5.74, 6) is 0.925. The van der Waals surface area contributed by atoms with Gasteiger partial charge in [0.15, 0.2) is 5.65 Å². The number of piperidine rings is 1. The standard InChI is InChI=1S/C26H27BrN6O2/c1-35-26(34)20-8-6-18(7-9-20)16-32-11-3-5-21(17-32)23-12-24(29-14-19-4-2-10-28-13-19)33-25(31-23)22(27)15-30-33/h2,4,6-10,12-13,15,21,29H,3,5,11,14,16-17H2,1H3. The van der Waals surface area contributed by atoms with Gasteiger partial charge < -0.3 is 10.1 Å². The topological polar surface area (TPSA) is 84.7 Å². The average Bonchev–Trinajstić information content (AvgIpc) is 3.28. The number of hydrogen-bond acceptors (Lipinski definition) is 7. The van der Waals surface area contributed by atoms with Gasteiger partial charge in [-0.2, -0.15) is 9.61 Å². The Hall–Kier alpha value is -3.30. The second-order valence-electron chi connectivity index (χ2n) is 8.77. The van der Waals surface area contributed by atoms with Gasteiger partial charge in [0.2, 0.25) is 0 Å². The molecule has 4 heterocycles. The number of likely N-dealkylation sites (tertiary alicyclic amines) is 1. The summed E-state index contributed by atoms with van der Waals surface area (Å²) >= 11 is 3.61. The molecule has 0 amide bonds. The highest BCUT2D eigenvalue weighted by molar-refractivity contribution is 9.10. The zero-order chi connectivity index (χ0) is 24.2. The molecule has 0 bridgehead atoms. The molecule has 1 aliphatic rings. The number of carbonyl (C=O) groups is 1. The van der Waals surface area contributed by atoms with Crippen molar-refractivity contribution in [1.29, 1.82) is 0 Å². The zero-order valence-corrected chi connectivity index (χ0v) is 21.1. The van der Waals surface area contributed by atoms with E-state index in [9.17, 15) is 4.79 Å². The molecule has 0 aliphatic carbocycles. The van der Waals surface area contributed by atoms with Crippen LogP contribution in [0.5, 0.6) is 0 Å². The summed E-state index contributed by atoms with van der Waals surface area (Å²) in [6.45, 7) is 3.46. The number of benzene rings is 1. The molecule has 0 radical (unpaired) electrons. The van der Waals surface area contributed by atoms with E-state index in [4.69, 9.17) is 9.72 Å². The van der Waals surface area contributed by atoms with Gasteiger partial charge in [-0.1, -0.05) is 18.2 Å². The molecular weight excluding hydrogens is 508 g/mol. The minimum absolute atomic E-state index is 0.310. The highest BCUT2D eigenvalue weighted by atomic mass is 79.9. The minimum Gasteiger partial charge on any atom is -0.465 e. The van der Waals surface area contributed by atoms with Crippen LogP contribution in [-0.4, -0.2) is 50.7 Å². The van der Waals surface area contributed by atoms with Crippen molar-refractivity contribution in [2.75, 3.05) is 25.5 Å². The molecule has 5 rings (SSSR count). The maximum Gasteiger partial charge on any atom is 0.337 e. The predicted molar refractivity (Wildman–Crippen MR) is 137 cm³/mol. The lowest BCUT2D eigenvalue weighted by Crippen LogP contribution is -2.34. The van der Waals surface area contributed by atoms with Gasteiger partial charge in [0.25, 0.3) is 0 Å². The van der Waals surface area contributed by atoms with E-state index in [0.29, 0.717) is 18.0 Å². The van der Waals surface area contributed by atoms with Gasteiger partial charge in [-0.05, 0) is 64.6 Å². The molecule has 1 aliphatic heterocycles. The first-order chi connectivity index (χ1) is 17.1. The first-order valence-corrected chi connectivity index (χ1v) is 12.5. The molecule has 4 aromatic rings. The molecular formula is C26H27BrN6O2. The van der Waals surface area contributed by atoms with Crippen LogP contribution in [0.4, 0.5) is 5.82 Å². The Morgan fingerprint density at radius 3 is 2.83 bits per heavy atom. The molecule has 1 aromatic carbocycles. The fourth-order valence-electron chi connectivity index (χ4n) is 4.55. The third kappa shape index (κ3) is 5.36. The fraction of sp³-hybridized carbons (Fsp3) is 0.308. The summed E-state index contributed by atoms with van der Waals surface area (Å²) in [6.07, 6.45) is 7.62. The van der Waals surface area contributed by atoms with Crippen molar-refractivity contribution >= 4 is 33.4 Å². The first-order valence-electron chi connectivity index (χ1n) is 11.7. The lowest BCUT2D eigenvalue weighted by atomic mass is 9.94. The molecule has 0 saturated carbocycles. The van der Waals surface area contributed by atoms with E-state index < -0.39 is 0 Å². The van der Waals surface area contributed by atoms with Crippen molar-refractivity contribution in [2.45, 2.75) is 31.8 Å². The van der Waals surface area contributed by atoms with Crippen LogP contribution in [0.25, 0.3) is 5.65 Å². The zero-order valence-electron chi connectivity index (χ0n) is 19.5. The maximum atomic E-state index is 11.7. The predicted octanol–water partition coefficient (Wildman–Crippen LogP) is 4.67. The molecule has 1 N–H and O–H groups in total. The van der Waals surface area contributed by atoms with E-state index in [0.717, 1.165) is 59.7 Å². The van der Waals surface area contributed by atoms with E-state index in [2.05, 4.69) is 48.4 Å². The Kier molecular flexibility index (Phi) is 7.06. The summed E-state index contributed by atoms with van der Waals surface area (Å²) in [4.78, 5) is 23.4. The number of rotatable bonds is 7. The van der Waals surface area contributed by atoms with Gasteiger partial charge >= 0.3 is 5.97 Å². The summed E-state index contributed by atoms with van der Waals surface area (Å²) in [7, 11) is 1.40. The SMILES string of the molecule is COC(=O)c1ccc(CN2CCCC(c3cc(NCc4cccnc4)n4ncc(Br)c4n3)C2)cc1. The Morgan fingerprint density at radius 1 is 1.20 bits per heavy atom. The Bertz CT molecular complexity index is 1310. The number of nitrogens with one attached hydrogen (secondary N) is 1. The lowest BCUT2D eigenvalue weighted by molar-refractivity contribution is 0.0600. The number of carbonyl (C=O) groups excluding carboxylic acids is 1. The molecule has 1 saturated heterocycles.